The molecule has 0 bridgehead atoms. The van der Waals surface area contributed by atoms with Crippen molar-refractivity contribution in [2.75, 3.05) is 0 Å². The molecule has 0 saturated heterocycles. The third-order valence-electron chi connectivity index (χ3n) is 10.7. The number of rotatable bonds is 37. The minimum atomic E-state index is -0.801. The summed E-state index contributed by atoms with van der Waals surface area (Å²) in [6.45, 7) is 9.05. The topological polar surface area (TPSA) is 74.6 Å². The summed E-state index contributed by atoms with van der Waals surface area (Å²) < 4.78 is 0. The third kappa shape index (κ3) is 26.0. The molecule has 4 nitrogen and oxygen atoms in total. The first-order valence-electron chi connectivity index (χ1n) is 20.8. The molecule has 2 atom stereocenters. The van der Waals surface area contributed by atoms with E-state index in [1.165, 1.54) is 154 Å². The highest BCUT2D eigenvalue weighted by atomic mass is 16.4. The van der Waals surface area contributed by atoms with E-state index in [0.29, 0.717) is 24.7 Å². The number of unbranched alkanes of at least 4 members (excludes halogenated alkanes) is 20. The Morgan fingerprint density at radius 2 is 0.717 bits per heavy atom. The summed E-state index contributed by atoms with van der Waals surface area (Å²) in [5.74, 6) is -0.585. The van der Waals surface area contributed by atoms with Gasteiger partial charge in [0.25, 0.3) is 0 Å². The highest BCUT2D eigenvalue weighted by Gasteiger charge is 2.41. The van der Waals surface area contributed by atoms with Crippen molar-refractivity contribution >= 4 is 11.9 Å². The molecule has 0 aromatic carbocycles. The van der Waals surface area contributed by atoms with Crippen LogP contribution in [0.1, 0.15) is 240 Å². The smallest absolute Gasteiger partial charge is 0.309 e. The number of aliphatic carboxylic acids is 2. The zero-order chi connectivity index (χ0) is 34.1. The van der Waals surface area contributed by atoms with Crippen LogP contribution >= 0.6 is 0 Å². The van der Waals surface area contributed by atoms with E-state index in [1.54, 1.807) is 0 Å². The predicted octanol–water partition coefficient (Wildman–Crippen LogP) is 14.3. The first-order valence-corrected chi connectivity index (χ1v) is 20.8. The highest BCUT2D eigenvalue weighted by Crippen LogP contribution is 2.44. The minimum Gasteiger partial charge on any atom is -0.481 e. The highest BCUT2D eigenvalue weighted by molar-refractivity contribution is 5.75. The number of carboxylic acids is 2. The Morgan fingerprint density at radius 3 is 0.978 bits per heavy atom. The van der Waals surface area contributed by atoms with Crippen molar-refractivity contribution in [2.24, 2.45) is 17.3 Å². The largest absolute Gasteiger partial charge is 0.481 e. The van der Waals surface area contributed by atoms with Crippen LogP contribution in [0.4, 0.5) is 0 Å². The molecule has 0 saturated carbocycles. The average molecular weight is 651 g/mol. The van der Waals surface area contributed by atoms with Gasteiger partial charge in [0.15, 0.2) is 0 Å². The fourth-order valence-corrected chi connectivity index (χ4v) is 7.80. The molecule has 0 aromatic heterocycles. The van der Waals surface area contributed by atoms with E-state index in [4.69, 9.17) is 0 Å². The molecule has 0 rings (SSSR count). The Balaban J connectivity index is 5.79. The van der Waals surface area contributed by atoms with Crippen LogP contribution in [-0.4, -0.2) is 22.2 Å². The fraction of sp³-hybridized carbons (Fsp3) is 0.952. The van der Waals surface area contributed by atoms with Gasteiger partial charge in [-0.2, -0.15) is 0 Å². The third-order valence-corrected chi connectivity index (χ3v) is 10.7. The first kappa shape index (κ1) is 44.9. The van der Waals surface area contributed by atoms with Gasteiger partial charge in [0, 0.05) is 6.42 Å². The SMILES string of the molecule is CCCCCCCCCC(CCCCCCC)CC(CCCC(=O)O)(CC(CCCCCCC)CCCCCCCCC)C(=O)O. The van der Waals surface area contributed by atoms with Gasteiger partial charge >= 0.3 is 11.9 Å². The van der Waals surface area contributed by atoms with Crippen LogP contribution in [-0.2, 0) is 9.59 Å². The average Bonchev–Trinajstić information content (AvgIpc) is 3.02. The molecule has 0 amide bonds. The van der Waals surface area contributed by atoms with Gasteiger partial charge in [0.1, 0.15) is 0 Å². The molecule has 2 unspecified atom stereocenters. The van der Waals surface area contributed by atoms with Crippen LogP contribution in [0.15, 0.2) is 0 Å². The van der Waals surface area contributed by atoms with Crippen molar-refractivity contribution in [2.45, 2.75) is 240 Å². The maximum Gasteiger partial charge on any atom is 0.309 e. The van der Waals surface area contributed by atoms with Crippen molar-refractivity contribution < 1.29 is 19.8 Å². The normalized spacial score (nSPS) is 14.3. The molecule has 0 fully saturated rings. The van der Waals surface area contributed by atoms with Crippen molar-refractivity contribution in [3.8, 4) is 0 Å². The lowest BCUT2D eigenvalue weighted by molar-refractivity contribution is -0.153. The first-order chi connectivity index (χ1) is 22.3. The van der Waals surface area contributed by atoms with Gasteiger partial charge < -0.3 is 10.2 Å². The number of carboxylic acid groups (broad SMARTS) is 2. The second-order valence-corrected chi connectivity index (χ2v) is 15.2. The van der Waals surface area contributed by atoms with Crippen LogP contribution in [0.3, 0.4) is 0 Å². The van der Waals surface area contributed by atoms with Crippen LogP contribution < -0.4 is 0 Å². The number of carbonyl (C=O) groups is 2. The molecular formula is C42H82O4. The Hall–Kier alpha value is -1.06. The molecule has 0 aliphatic heterocycles. The van der Waals surface area contributed by atoms with Crippen LogP contribution in [0, 0.1) is 17.3 Å². The summed E-state index contributed by atoms with van der Waals surface area (Å²) in [7, 11) is 0. The summed E-state index contributed by atoms with van der Waals surface area (Å²) in [4.78, 5) is 24.9. The van der Waals surface area contributed by atoms with E-state index >= 15 is 0 Å². The molecule has 0 aliphatic carbocycles. The van der Waals surface area contributed by atoms with E-state index in [2.05, 4.69) is 27.7 Å². The van der Waals surface area contributed by atoms with Crippen molar-refractivity contribution in [3.63, 3.8) is 0 Å². The van der Waals surface area contributed by atoms with Gasteiger partial charge in [-0.05, 0) is 37.5 Å². The molecule has 4 heteroatoms. The zero-order valence-corrected chi connectivity index (χ0v) is 31.7. The van der Waals surface area contributed by atoms with Gasteiger partial charge in [-0.25, -0.2) is 0 Å². The fourth-order valence-electron chi connectivity index (χ4n) is 7.80. The monoisotopic (exact) mass is 651 g/mol. The summed E-state index contributed by atoms with van der Waals surface area (Å²) in [5.41, 5.74) is -0.792. The standard InChI is InChI=1S/C42H82O4/c1-5-9-13-17-19-23-27-32-38(30-25-21-15-11-7-3)36-42(41(45)46,35-29-34-40(43)44)37-39(31-26-22-16-12-8-4)33-28-24-20-18-14-10-6-2/h38-39H,5-37H2,1-4H3,(H,43,44)(H,45,46). The lowest BCUT2D eigenvalue weighted by Crippen LogP contribution is -2.36. The lowest BCUT2D eigenvalue weighted by atomic mass is 9.67. The van der Waals surface area contributed by atoms with Gasteiger partial charge in [-0.3, -0.25) is 9.59 Å². The van der Waals surface area contributed by atoms with E-state index in [1.807, 2.05) is 0 Å². The second kappa shape index (κ2) is 32.5. The van der Waals surface area contributed by atoms with Crippen molar-refractivity contribution in [1.82, 2.24) is 0 Å². The van der Waals surface area contributed by atoms with E-state index in [-0.39, 0.29) is 6.42 Å². The van der Waals surface area contributed by atoms with E-state index in [9.17, 15) is 19.8 Å². The molecule has 274 valence electrons. The summed E-state index contributed by atoms with van der Waals surface area (Å²) in [6.07, 6.45) is 37.6. The van der Waals surface area contributed by atoms with Crippen LogP contribution in [0.5, 0.6) is 0 Å². The zero-order valence-electron chi connectivity index (χ0n) is 31.7. The van der Waals surface area contributed by atoms with Gasteiger partial charge in [0.2, 0.25) is 0 Å². The quantitative estimate of drug-likeness (QED) is 0.0656. The lowest BCUT2D eigenvalue weighted by Gasteiger charge is -2.37. The minimum absolute atomic E-state index is 0.0773. The molecule has 0 heterocycles. The Labute approximate surface area is 288 Å². The van der Waals surface area contributed by atoms with Crippen LogP contribution in [0.2, 0.25) is 0 Å². The Bertz CT molecular complexity index is 637. The second-order valence-electron chi connectivity index (χ2n) is 15.2. The summed E-state index contributed by atoms with van der Waals surface area (Å²) >= 11 is 0. The number of hydrogen-bond donors (Lipinski definition) is 2. The molecular weight excluding hydrogens is 568 g/mol. The van der Waals surface area contributed by atoms with E-state index in [0.717, 1.165) is 38.5 Å². The Morgan fingerprint density at radius 1 is 0.435 bits per heavy atom. The molecule has 0 aromatic rings. The van der Waals surface area contributed by atoms with Gasteiger partial charge in [-0.15, -0.1) is 0 Å². The Kier molecular flexibility index (Phi) is 31.7. The van der Waals surface area contributed by atoms with Gasteiger partial charge in [-0.1, -0.05) is 207 Å². The van der Waals surface area contributed by atoms with Crippen LogP contribution in [0.25, 0.3) is 0 Å². The van der Waals surface area contributed by atoms with Crippen molar-refractivity contribution in [3.05, 3.63) is 0 Å². The maximum absolute atomic E-state index is 13.4. The van der Waals surface area contributed by atoms with Gasteiger partial charge in [0.05, 0.1) is 5.41 Å². The van der Waals surface area contributed by atoms with E-state index < -0.39 is 17.4 Å². The maximum atomic E-state index is 13.4. The number of hydrogen-bond acceptors (Lipinski definition) is 2. The predicted molar refractivity (Wildman–Crippen MR) is 200 cm³/mol. The molecule has 0 radical (unpaired) electrons. The molecule has 0 spiro atoms. The summed E-state index contributed by atoms with van der Waals surface area (Å²) in [5, 5.41) is 20.5. The molecule has 46 heavy (non-hydrogen) atoms. The summed E-state index contributed by atoms with van der Waals surface area (Å²) in [6, 6.07) is 0. The molecule has 0 aliphatic rings. The van der Waals surface area contributed by atoms with Crippen molar-refractivity contribution in [1.29, 1.82) is 0 Å². The molecule has 2 N–H and O–H groups in total.